The predicted octanol–water partition coefficient (Wildman–Crippen LogP) is -3.36. The molecule has 12 N–H and O–H groups in total. The van der Waals surface area contributed by atoms with E-state index in [-0.39, 0.29) is 95.5 Å². The lowest BCUT2D eigenvalue weighted by Gasteiger charge is -2.36. The quantitative estimate of drug-likeness (QED) is 0.0164. The van der Waals surface area contributed by atoms with Crippen LogP contribution in [0.15, 0.2) is 11.6 Å². The zero-order valence-corrected chi connectivity index (χ0v) is 39.3. The van der Waals surface area contributed by atoms with Gasteiger partial charge in [0.15, 0.2) is 0 Å². The van der Waals surface area contributed by atoms with E-state index in [0.717, 1.165) is 0 Å². The van der Waals surface area contributed by atoms with Gasteiger partial charge in [-0.15, -0.1) is 0 Å². The van der Waals surface area contributed by atoms with Crippen molar-refractivity contribution in [3.63, 3.8) is 0 Å². The van der Waals surface area contributed by atoms with Crippen LogP contribution in [0.1, 0.15) is 65.7 Å². The standard InChI is InChI=1S/C41H70N8O17S/c1-4-27(66-32-21-26(41(60)65-5-2)20-28(42)37(32)47-25(3)50)8-10-44-35(53)9-12-61-14-16-63-18-19-64-17-15-62-13-11-45-33(51)6-7-34(52)46-23-29(43)38(56)48-30(22-36(54)55)39(57)49-31(24-67)40(58)59/h21,27-32,37,67H,4-20,22-24,42-43H2,1-3H3,(H,44,53)(H,45,51)(H,46,52)(H,47,50)(H,48,56)(H,49,57)(H,54,55)(H,58,59)/t27-,28-,29-,30-,31-,32+,37+/m0/s1. The van der Waals surface area contributed by atoms with Gasteiger partial charge in [0, 0.05) is 63.2 Å². The van der Waals surface area contributed by atoms with Gasteiger partial charge in [0.2, 0.25) is 35.4 Å². The molecule has 0 aromatic rings. The van der Waals surface area contributed by atoms with Gasteiger partial charge in [-0.05, 0) is 32.3 Å². The molecule has 67 heavy (non-hydrogen) atoms. The van der Waals surface area contributed by atoms with Crippen molar-refractivity contribution >= 4 is 66.0 Å². The highest BCUT2D eigenvalue weighted by atomic mass is 32.1. The molecular formula is C41H70N8O17S. The number of nitrogens with two attached hydrogens (primary N) is 2. The molecule has 0 saturated heterocycles. The number of hydrogen-bond acceptors (Lipinski definition) is 18. The minimum atomic E-state index is -1.65. The highest BCUT2D eigenvalue weighted by Gasteiger charge is 2.36. The second-order valence-corrected chi connectivity index (χ2v) is 15.3. The van der Waals surface area contributed by atoms with Crippen molar-refractivity contribution in [2.24, 2.45) is 11.5 Å². The van der Waals surface area contributed by atoms with E-state index >= 15 is 0 Å². The number of esters is 1. The Balaban J connectivity index is 2.12. The molecule has 0 aliphatic heterocycles. The van der Waals surface area contributed by atoms with Crippen molar-refractivity contribution in [3.05, 3.63) is 11.6 Å². The topological polar surface area (TPSA) is 374 Å². The molecule has 0 radical (unpaired) electrons. The summed E-state index contributed by atoms with van der Waals surface area (Å²) in [6, 6.07) is -5.54. The normalized spacial score (nSPS) is 17.3. The van der Waals surface area contributed by atoms with E-state index < -0.39 is 90.8 Å². The van der Waals surface area contributed by atoms with Crippen LogP contribution in [0.2, 0.25) is 0 Å². The van der Waals surface area contributed by atoms with E-state index in [2.05, 4.69) is 44.5 Å². The fourth-order valence-corrected chi connectivity index (χ4v) is 6.25. The summed E-state index contributed by atoms with van der Waals surface area (Å²) in [4.78, 5) is 108. The lowest BCUT2D eigenvalue weighted by atomic mass is 9.88. The summed E-state index contributed by atoms with van der Waals surface area (Å²) < 4.78 is 33.2. The monoisotopic (exact) mass is 978 g/mol. The largest absolute Gasteiger partial charge is 0.481 e. The summed E-state index contributed by atoms with van der Waals surface area (Å²) in [5, 5.41) is 33.0. The third-order valence-corrected chi connectivity index (χ3v) is 9.90. The van der Waals surface area contributed by atoms with E-state index in [1.807, 2.05) is 6.92 Å². The zero-order chi connectivity index (χ0) is 50.1. The lowest BCUT2D eigenvalue weighted by molar-refractivity contribution is -0.143. The van der Waals surface area contributed by atoms with Crippen molar-refractivity contribution in [2.75, 3.05) is 84.8 Å². The molecule has 0 aromatic carbocycles. The maximum atomic E-state index is 12.4. The Labute approximate surface area is 394 Å². The lowest BCUT2D eigenvalue weighted by Crippen LogP contribution is -2.57. The molecular weight excluding hydrogens is 909 g/mol. The third kappa shape index (κ3) is 27.5. The van der Waals surface area contributed by atoms with Crippen LogP contribution in [0.5, 0.6) is 0 Å². The predicted molar refractivity (Wildman–Crippen MR) is 240 cm³/mol. The number of hydrogen-bond donors (Lipinski definition) is 11. The molecule has 1 aliphatic rings. The van der Waals surface area contributed by atoms with Gasteiger partial charge in [-0.1, -0.05) is 6.92 Å². The molecule has 0 fully saturated rings. The van der Waals surface area contributed by atoms with Crippen LogP contribution >= 0.6 is 12.6 Å². The average Bonchev–Trinajstić information content (AvgIpc) is 3.27. The van der Waals surface area contributed by atoms with Crippen LogP contribution in [-0.2, 0) is 71.6 Å². The van der Waals surface area contributed by atoms with Crippen LogP contribution in [0.4, 0.5) is 0 Å². The fourth-order valence-electron chi connectivity index (χ4n) is 6.00. The number of carbonyl (C=O) groups excluding carboxylic acids is 7. The fraction of sp³-hybridized carbons (Fsp3) is 0.732. The van der Waals surface area contributed by atoms with Gasteiger partial charge in [0.1, 0.15) is 18.1 Å². The van der Waals surface area contributed by atoms with Crippen molar-refractivity contribution in [2.45, 2.75) is 108 Å². The van der Waals surface area contributed by atoms with Gasteiger partial charge in [0.05, 0.1) is 84.1 Å². The maximum absolute atomic E-state index is 12.4. The molecule has 0 heterocycles. The molecule has 0 unspecified atom stereocenters. The third-order valence-electron chi connectivity index (χ3n) is 9.54. The number of carbonyl (C=O) groups is 9. The minimum absolute atomic E-state index is 0.153. The first-order valence-electron chi connectivity index (χ1n) is 22.0. The number of carboxylic acid groups (broad SMARTS) is 2. The number of amides is 6. The molecule has 0 bridgehead atoms. The molecule has 0 aromatic heterocycles. The average molecular weight is 979 g/mol. The Kier molecular flexibility index (Phi) is 31.6. The summed E-state index contributed by atoms with van der Waals surface area (Å²) >= 11 is 3.81. The zero-order valence-electron chi connectivity index (χ0n) is 38.4. The highest BCUT2D eigenvalue weighted by Crippen LogP contribution is 2.24. The molecule has 7 atom stereocenters. The van der Waals surface area contributed by atoms with E-state index in [1.165, 1.54) is 6.92 Å². The van der Waals surface area contributed by atoms with Crippen LogP contribution in [0, 0.1) is 0 Å². The van der Waals surface area contributed by atoms with Crippen LogP contribution < -0.4 is 43.4 Å². The van der Waals surface area contributed by atoms with E-state index in [9.17, 15) is 43.2 Å². The molecule has 382 valence electrons. The number of nitrogens with one attached hydrogen (secondary N) is 6. The summed E-state index contributed by atoms with van der Waals surface area (Å²) in [6.45, 7) is 7.51. The summed E-state index contributed by atoms with van der Waals surface area (Å²) in [5.41, 5.74) is 12.5. The number of aliphatic carboxylic acids is 2. The number of rotatable bonds is 37. The maximum Gasteiger partial charge on any atom is 0.333 e. The van der Waals surface area contributed by atoms with Crippen LogP contribution in [0.25, 0.3) is 0 Å². The molecule has 6 amide bonds. The first-order chi connectivity index (χ1) is 31.9. The van der Waals surface area contributed by atoms with Gasteiger partial charge >= 0.3 is 17.9 Å². The SMILES string of the molecule is CCOC(=O)C1=C[C@@H](O[C@@H](CC)CCNC(=O)CCOCCOCCOCCOCCNC(=O)CCC(=O)NC[C@H](N)C(=O)N[C@@H](CC(=O)O)C(=O)N[C@@H](CS)C(=O)O)[C@H](NC(C)=O)[C@@H](N)C1. The molecule has 25 nitrogen and oxygen atoms in total. The Morgan fingerprint density at radius 2 is 1.31 bits per heavy atom. The molecule has 1 aliphatic carbocycles. The van der Waals surface area contributed by atoms with Crippen LogP contribution in [-0.4, -0.2) is 191 Å². The Morgan fingerprint density at radius 3 is 1.87 bits per heavy atom. The van der Waals surface area contributed by atoms with Gasteiger partial charge in [-0.2, -0.15) is 12.6 Å². The van der Waals surface area contributed by atoms with E-state index in [1.54, 1.807) is 13.0 Å². The van der Waals surface area contributed by atoms with Gasteiger partial charge in [-0.25, -0.2) is 9.59 Å². The minimum Gasteiger partial charge on any atom is -0.481 e. The number of carboxylic acids is 2. The second kappa shape index (κ2) is 35.2. The smallest absolute Gasteiger partial charge is 0.333 e. The molecule has 0 spiro atoms. The first kappa shape index (κ1) is 60.1. The highest BCUT2D eigenvalue weighted by molar-refractivity contribution is 7.80. The number of ether oxygens (including phenoxy) is 6. The molecule has 26 heteroatoms. The Hall–Kier alpha value is -4.96. The van der Waals surface area contributed by atoms with E-state index in [4.69, 9.17) is 50.1 Å². The summed E-state index contributed by atoms with van der Waals surface area (Å²) in [7, 11) is 0. The van der Waals surface area contributed by atoms with Gasteiger partial charge in [0.25, 0.3) is 0 Å². The van der Waals surface area contributed by atoms with Crippen molar-refractivity contribution in [1.29, 1.82) is 0 Å². The van der Waals surface area contributed by atoms with Gasteiger partial charge < -0.3 is 82.0 Å². The Morgan fingerprint density at radius 1 is 0.761 bits per heavy atom. The number of thiol groups is 1. The molecule has 1 rings (SSSR count). The van der Waals surface area contributed by atoms with E-state index in [0.29, 0.717) is 44.8 Å². The van der Waals surface area contributed by atoms with Crippen molar-refractivity contribution < 1.29 is 81.8 Å². The van der Waals surface area contributed by atoms with Crippen molar-refractivity contribution in [3.8, 4) is 0 Å². The summed E-state index contributed by atoms with van der Waals surface area (Å²) in [6.07, 6.45) is 0.984. The van der Waals surface area contributed by atoms with Crippen LogP contribution in [0.3, 0.4) is 0 Å². The summed E-state index contributed by atoms with van der Waals surface area (Å²) in [5.74, 6) is -7.16. The first-order valence-corrected chi connectivity index (χ1v) is 22.6. The molecule has 0 saturated carbocycles. The van der Waals surface area contributed by atoms with Crippen molar-refractivity contribution in [1.82, 2.24) is 31.9 Å². The second-order valence-electron chi connectivity index (χ2n) is 15.0. The Bertz CT molecular complexity index is 1630. The van der Waals surface area contributed by atoms with Gasteiger partial charge in [-0.3, -0.25) is 33.6 Å².